The number of rotatable bonds is 7. The summed E-state index contributed by atoms with van der Waals surface area (Å²) < 4.78 is 10.4. The molecule has 0 saturated heterocycles. The van der Waals surface area contributed by atoms with Crippen LogP contribution in [0.4, 0.5) is 17.2 Å². The lowest BCUT2D eigenvalue weighted by molar-refractivity contribution is 0.102. The molecule has 0 fully saturated rings. The first-order chi connectivity index (χ1) is 13.6. The number of nitrogens with one attached hydrogen (secondary N) is 2. The summed E-state index contributed by atoms with van der Waals surface area (Å²) in [5, 5.41) is 6.14. The molecule has 0 aliphatic carbocycles. The van der Waals surface area contributed by atoms with Gasteiger partial charge in [-0.05, 0) is 48.4 Å². The quantitative estimate of drug-likeness (QED) is 0.627. The molecule has 0 aliphatic heterocycles. The molecule has 1 heterocycles. The maximum absolute atomic E-state index is 12.5. The van der Waals surface area contributed by atoms with E-state index >= 15 is 0 Å². The van der Waals surface area contributed by atoms with Gasteiger partial charge in [-0.2, -0.15) is 0 Å². The number of para-hydroxylation sites is 1. The first kappa shape index (κ1) is 19.2. The highest BCUT2D eigenvalue weighted by molar-refractivity contribution is 6.04. The molecular weight excluding hydrogens is 354 g/mol. The second-order valence-corrected chi connectivity index (χ2v) is 6.09. The Bertz CT molecular complexity index is 955. The number of ether oxygens (including phenoxy) is 2. The molecule has 0 radical (unpaired) electrons. The lowest BCUT2D eigenvalue weighted by atomic mass is 10.1. The molecule has 0 atom stereocenters. The Kier molecular flexibility index (Phi) is 6.11. The molecular formula is C22H23N3O3. The molecule has 144 valence electrons. The van der Waals surface area contributed by atoms with Crippen molar-refractivity contribution in [1.29, 1.82) is 0 Å². The number of benzene rings is 2. The van der Waals surface area contributed by atoms with Crippen LogP contribution in [0.15, 0.2) is 60.8 Å². The average Bonchev–Trinajstić information content (AvgIpc) is 2.74. The van der Waals surface area contributed by atoms with Crippen molar-refractivity contribution in [3.05, 3.63) is 71.9 Å². The molecule has 28 heavy (non-hydrogen) atoms. The van der Waals surface area contributed by atoms with Crippen molar-refractivity contribution in [1.82, 2.24) is 4.98 Å². The van der Waals surface area contributed by atoms with E-state index < -0.39 is 0 Å². The van der Waals surface area contributed by atoms with E-state index in [1.54, 1.807) is 31.5 Å². The Balaban J connectivity index is 1.69. The summed E-state index contributed by atoms with van der Waals surface area (Å²) in [7, 11) is 3.09. The third kappa shape index (κ3) is 4.40. The minimum atomic E-state index is -0.250. The molecule has 1 aromatic heterocycles. The summed E-state index contributed by atoms with van der Waals surface area (Å²) in [6.07, 6.45) is 2.55. The summed E-state index contributed by atoms with van der Waals surface area (Å²) in [6, 6.07) is 16.8. The van der Waals surface area contributed by atoms with Crippen molar-refractivity contribution in [2.24, 2.45) is 0 Å². The Labute approximate surface area is 164 Å². The van der Waals surface area contributed by atoms with Gasteiger partial charge in [0.15, 0.2) is 11.5 Å². The molecule has 0 bridgehead atoms. The largest absolute Gasteiger partial charge is 0.493 e. The second kappa shape index (κ2) is 8.90. The topological polar surface area (TPSA) is 72.5 Å². The molecule has 0 aliphatic rings. The van der Waals surface area contributed by atoms with Crippen molar-refractivity contribution in [2.75, 3.05) is 24.9 Å². The fourth-order valence-electron chi connectivity index (χ4n) is 2.81. The number of aryl methyl sites for hydroxylation is 1. The number of hydrogen-bond acceptors (Lipinski definition) is 5. The maximum Gasteiger partial charge on any atom is 0.255 e. The highest BCUT2D eigenvalue weighted by atomic mass is 16.5. The van der Waals surface area contributed by atoms with E-state index in [1.165, 1.54) is 12.7 Å². The predicted molar refractivity (Wildman–Crippen MR) is 111 cm³/mol. The van der Waals surface area contributed by atoms with Crippen molar-refractivity contribution < 1.29 is 14.3 Å². The third-order valence-electron chi connectivity index (χ3n) is 4.33. The number of hydrogen-bond donors (Lipinski definition) is 2. The van der Waals surface area contributed by atoms with E-state index in [2.05, 4.69) is 28.6 Å². The molecule has 0 spiro atoms. The Morgan fingerprint density at radius 3 is 2.46 bits per heavy atom. The molecule has 1 amide bonds. The van der Waals surface area contributed by atoms with Crippen molar-refractivity contribution in [3.63, 3.8) is 0 Å². The fourth-order valence-corrected chi connectivity index (χ4v) is 2.81. The Morgan fingerprint density at radius 2 is 1.79 bits per heavy atom. The number of anilines is 3. The highest BCUT2D eigenvalue weighted by Crippen LogP contribution is 2.28. The number of carbonyl (C=O) groups excluding carboxylic acids is 1. The number of aromatic nitrogens is 1. The molecule has 6 heteroatoms. The van der Waals surface area contributed by atoms with Gasteiger partial charge in [-0.3, -0.25) is 4.79 Å². The van der Waals surface area contributed by atoms with Gasteiger partial charge >= 0.3 is 0 Å². The fraction of sp³-hybridized carbons (Fsp3) is 0.182. The zero-order valence-corrected chi connectivity index (χ0v) is 16.2. The summed E-state index contributed by atoms with van der Waals surface area (Å²) in [6.45, 7) is 2.11. The van der Waals surface area contributed by atoms with Crippen LogP contribution < -0.4 is 20.1 Å². The summed E-state index contributed by atoms with van der Waals surface area (Å²) in [5.74, 6) is 1.54. The van der Waals surface area contributed by atoms with E-state index in [-0.39, 0.29) is 5.91 Å². The van der Waals surface area contributed by atoms with E-state index in [0.717, 1.165) is 12.1 Å². The minimum absolute atomic E-state index is 0.250. The van der Waals surface area contributed by atoms with Crippen LogP contribution in [0.1, 0.15) is 22.8 Å². The highest BCUT2D eigenvalue weighted by Gasteiger charge is 2.11. The van der Waals surface area contributed by atoms with Crippen molar-refractivity contribution >= 4 is 23.1 Å². The first-order valence-electron chi connectivity index (χ1n) is 8.99. The van der Waals surface area contributed by atoms with Gasteiger partial charge in [0.05, 0.1) is 26.1 Å². The first-order valence-corrected chi connectivity index (χ1v) is 8.99. The van der Waals surface area contributed by atoms with Gasteiger partial charge in [-0.25, -0.2) is 4.98 Å². The maximum atomic E-state index is 12.5. The smallest absolute Gasteiger partial charge is 0.255 e. The zero-order chi connectivity index (χ0) is 19.9. The van der Waals surface area contributed by atoms with Crippen LogP contribution in [0.25, 0.3) is 0 Å². The van der Waals surface area contributed by atoms with Crippen LogP contribution in [0.3, 0.4) is 0 Å². The normalized spacial score (nSPS) is 10.2. The average molecular weight is 377 g/mol. The second-order valence-electron chi connectivity index (χ2n) is 6.09. The Hall–Kier alpha value is -3.54. The lowest BCUT2D eigenvalue weighted by Crippen LogP contribution is -2.12. The summed E-state index contributed by atoms with van der Waals surface area (Å²) >= 11 is 0. The van der Waals surface area contributed by atoms with Gasteiger partial charge in [-0.15, -0.1) is 0 Å². The van der Waals surface area contributed by atoms with Crippen LogP contribution >= 0.6 is 0 Å². The third-order valence-corrected chi connectivity index (χ3v) is 4.33. The van der Waals surface area contributed by atoms with Gasteiger partial charge in [0.2, 0.25) is 0 Å². The van der Waals surface area contributed by atoms with Crippen LogP contribution in [-0.2, 0) is 6.42 Å². The minimum Gasteiger partial charge on any atom is -0.493 e. The Morgan fingerprint density at radius 1 is 1.00 bits per heavy atom. The number of pyridine rings is 1. The molecule has 0 unspecified atom stereocenters. The SMILES string of the molecule is CCc1ccccc1Nc1ccc(NC(=O)c2ccc(OC)c(OC)c2)cn1. The van der Waals surface area contributed by atoms with Gasteiger partial charge < -0.3 is 20.1 Å². The van der Waals surface area contributed by atoms with E-state index in [1.807, 2.05) is 30.3 Å². The molecule has 2 aromatic carbocycles. The molecule has 3 rings (SSSR count). The van der Waals surface area contributed by atoms with Crippen LogP contribution in [-0.4, -0.2) is 25.1 Å². The van der Waals surface area contributed by atoms with Crippen LogP contribution in [0.2, 0.25) is 0 Å². The van der Waals surface area contributed by atoms with Crippen LogP contribution in [0.5, 0.6) is 11.5 Å². The summed E-state index contributed by atoms with van der Waals surface area (Å²) in [5.41, 5.74) is 3.32. The number of carbonyl (C=O) groups is 1. The summed E-state index contributed by atoms with van der Waals surface area (Å²) in [4.78, 5) is 16.9. The van der Waals surface area contributed by atoms with Gasteiger partial charge in [0, 0.05) is 11.3 Å². The van der Waals surface area contributed by atoms with Crippen molar-refractivity contribution in [3.8, 4) is 11.5 Å². The lowest BCUT2D eigenvalue weighted by Gasteiger charge is -2.12. The van der Waals surface area contributed by atoms with Crippen molar-refractivity contribution in [2.45, 2.75) is 13.3 Å². The molecule has 6 nitrogen and oxygen atoms in total. The number of nitrogens with zero attached hydrogens (tertiary/aromatic N) is 1. The van der Waals surface area contributed by atoms with Gasteiger partial charge in [-0.1, -0.05) is 25.1 Å². The van der Waals surface area contributed by atoms with Gasteiger partial charge in [0.1, 0.15) is 5.82 Å². The molecule has 0 saturated carbocycles. The zero-order valence-electron chi connectivity index (χ0n) is 16.2. The number of amides is 1. The van der Waals surface area contributed by atoms with Gasteiger partial charge in [0.25, 0.3) is 5.91 Å². The predicted octanol–water partition coefficient (Wildman–Crippen LogP) is 4.66. The molecule has 2 N–H and O–H groups in total. The van der Waals surface area contributed by atoms with E-state index in [0.29, 0.717) is 28.6 Å². The van der Waals surface area contributed by atoms with E-state index in [4.69, 9.17) is 9.47 Å². The van der Waals surface area contributed by atoms with Crippen LogP contribution in [0, 0.1) is 0 Å². The van der Waals surface area contributed by atoms with E-state index in [9.17, 15) is 4.79 Å². The monoisotopic (exact) mass is 377 g/mol. The molecule has 3 aromatic rings. The standard InChI is InChI=1S/C22H23N3O3/c1-4-15-7-5-6-8-18(15)25-21-12-10-17(14-23-21)24-22(26)16-9-11-19(27-2)20(13-16)28-3/h5-14H,4H2,1-3H3,(H,23,25)(H,24,26). The number of methoxy groups -OCH3 is 2.